The van der Waals surface area contributed by atoms with E-state index in [-0.39, 0.29) is 5.69 Å². The van der Waals surface area contributed by atoms with Gasteiger partial charge in [-0.15, -0.1) is 5.10 Å². The van der Waals surface area contributed by atoms with Crippen LogP contribution in [0.25, 0.3) is 16.4 Å². The van der Waals surface area contributed by atoms with Crippen molar-refractivity contribution in [2.45, 2.75) is 32.2 Å². The van der Waals surface area contributed by atoms with Crippen molar-refractivity contribution >= 4 is 22.1 Å². The molecular weight excluding hydrogens is 398 g/mol. The number of aromatic nitrogens is 3. The first-order valence-corrected chi connectivity index (χ1v) is 11.8. The van der Waals surface area contributed by atoms with Crippen molar-refractivity contribution in [3.05, 3.63) is 77.3 Å². The third kappa shape index (κ3) is 4.41. The lowest BCUT2D eigenvalue weighted by Crippen LogP contribution is -2.46. The fourth-order valence-electron chi connectivity index (χ4n) is 4.76. The highest BCUT2D eigenvalue weighted by atomic mass is 16.2. The van der Waals surface area contributed by atoms with Crippen molar-refractivity contribution in [1.82, 2.24) is 19.1 Å². The van der Waals surface area contributed by atoms with Crippen LogP contribution in [0.3, 0.4) is 0 Å². The molecule has 0 bridgehead atoms. The van der Waals surface area contributed by atoms with Crippen molar-refractivity contribution in [3.63, 3.8) is 0 Å². The van der Waals surface area contributed by atoms with E-state index in [1.807, 2.05) is 18.2 Å². The monoisotopic (exact) mass is 429 g/mol. The summed E-state index contributed by atoms with van der Waals surface area (Å²) in [5.41, 5.74) is 2.05. The Hall–Kier alpha value is -3.12. The Kier molecular flexibility index (Phi) is 6.21. The van der Waals surface area contributed by atoms with Crippen LogP contribution in [0.2, 0.25) is 0 Å². The summed E-state index contributed by atoms with van der Waals surface area (Å²) in [5, 5.41) is 7.08. The normalized spacial score (nSPS) is 15.1. The number of hydrogen-bond acceptors (Lipinski definition) is 4. The molecule has 1 aliphatic heterocycles. The van der Waals surface area contributed by atoms with Gasteiger partial charge in [-0.25, -0.2) is 9.48 Å². The Balaban J connectivity index is 1.03. The zero-order valence-corrected chi connectivity index (χ0v) is 18.6. The summed E-state index contributed by atoms with van der Waals surface area (Å²) in [6, 6.07) is 20.9. The van der Waals surface area contributed by atoms with Crippen LogP contribution in [0.5, 0.6) is 0 Å². The number of rotatable bonds is 8. The Morgan fingerprint density at radius 2 is 1.50 bits per heavy atom. The van der Waals surface area contributed by atoms with Gasteiger partial charge in [0.25, 0.3) is 0 Å². The maximum atomic E-state index is 12.3. The summed E-state index contributed by atoms with van der Waals surface area (Å²) in [6.45, 7) is 6.29. The molecule has 0 atom stereocenters. The second-order valence-corrected chi connectivity index (χ2v) is 8.68. The number of hydrogen-bond donors (Lipinski definition) is 0. The lowest BCUT2D eigenvalue weighted by molar-refractivity contribution is 0.252. The van der Waals surface area contributed by atoms with E-state index in [0.717, 1.165) is 51.2 Å². The molecule has 0 spiro atoms. The van der Waals surface area contributed by atoms with E-state index >= 15 is 0 Å². The van der Waals surface area contributed by atoms with Crippen LogP contribution >= 0.6 is 0 Å². The van der Waals surface area contributed by atoms with Crippen molar-refractivity contribution in [2.75, 3.05) is 37.6 Å². The summed E-state index contributed by atoms with van der Waals surface area (Å²) in [4.78, 5) is 17.4. The highest BCUT2D eigenvalue weighted by Crippen LogP contribution is 2.27. The molecule has 0 amide bonds. The maximum Gasteiger partial charge on any atom is 0.350 e. The summed E-state index contributed by atoms with van der Waals surface area (Å²) in [5.74, 6) is 0. The summed E-state index contributed by atoms with van der Waals surface area (Å²) in [6.07, 6.45) is 6.33. The zero-order valence-electron chi connectivity index (χ0n) is 18.6. The average Bonchev–Trinajstić information content (AvgIpc) is 3.17. The minimum Gasteiger partial charge on any atom is -0.368 e. The van der Waals surface area contributed by atoms with Crippen molar-refractivity contribution < 1.29 is 0 Å². The minimum atomic E-state index is -0.0373. The Morgan fingerprint density at radius 1 is 0.750 bits per heavy atom. The smallest absolute Gasteiger partial charge is 0.350 e. The largest absolute Gasteiger partial charge is 0.368 e. The molecule has 0 N–H and O–H groups in total. The van der Waals surface area contributed by atoms with Crippen molar-refractivity contribution in [1.29, 1.82) is 0 Å². The minimum absolute atomic E-state index is 0.0373. The van der Waals surface area contributed by atoms with Crippen LogP contribution in [-0.4, -0.2) is 51.8 Å². The first-order chi connectivity index (χ1) is 15.8. The molecule has 6 nitrogen and oxygen atoms in total. The van der Waals surface area contributed by atoms with E-state index in [1.54, 1.807) is 15.3 Å². The number of nitrogens with zero attached hydrogens (tertiary/aromatic N) is 5. The van der Waals surface area contributed by atoms with Gasteiger partial charge >= 0.3 is 5.69 Å². The zero-order chi connectivity index (χ0) is 21.8. The molecule has 4 aromatic rings. The van der Waals surface area contributed by atoms with Crippen molar-refractivity contribution in [2.24, 2.45) is 0 Å². The van der Waals surface area contributed by atoms with Crippen LogP contribution in [0.1, 0.15) is 25.7 Å². The standard InChI is InChI=1S/C26H31N5O/c32-26-30-16-8-5-14-25(30)27-31(26)17-7-2-1-6-15-28-18-20-29(21-19-28)24-13-9-11-22-10-3-4-12-23(22)24/h3-5,8-14,16H,1-2,6-7,15,17-21H2. The number of anilines is 1. The molecule has 0 radical (unpaired) electrons. The van der Waals surface area contributed by atoms with E-state index in [0.29, 0.717) is 6.54 Å². The second-order valence-electron chi connectivity index (χ2n) is 8.68. The Morgan fingerprint density at radius 3 is 2.34 bits per heavy atom. The van der Waals surface area contributed by atoms with Gasteiger partial charge in [-0.2, -0.15) is 0 Å². The summed E-state index contributed by atoms with van der Waals surface area (Å²) in [7, 11) is 0. The number of piperazine rings is 1. The highest BCUT2D eigenvalue weighted by molar-refractivity contribution is 5.94. The fraction of sp³-hybridized carbons (Fsp3) is 0.385. The summed E-state index contributed by atoms with van der Waals surface area (Å²) >= 11 is 0. The molecule has 0 saturated carbocycles. The molecule has 1 aliphatic rings. The number of fused-ring (bicyclic) bond motifs is 2. The predicted octanol–water partition coefficient (Wildman–Crippen LogP) is 4.03. The van der Waals surface area contributed by atoms with Crippen LogP contribution < -0.4 is 10.6 Å². The number of unbranched alkanes of at least 4 members (excludes halogenated alkanes) is 3. The number of pyridine rings is 1. The Bertz CT molecular complexity index is 1230. The molecule has 166 valence electrons. The molecule has 1 fully saturated rings. The van der Waals surface area contributed by atoms with E-state index in [9.17, 15) is 4.79 Å². The van der Waals surface area contributed by atoms with E-state index < -0.39 is 0 Å². The molecule has 32 heavy (non-hydrogen) atoms. The van der Waals surface area contributed by atoms with Crippen LogP contribution in [-0.2, 0) is 6.54 Å². The second kappa shape index (κ2) is 9.57. The SMILES string of the molecule is O=c1n(CCCCCCN2CCN(c3cccc4ccccc34)CC2)nc2ccccn12. The highest BCUT2D eigenvalue weighted by Gasteiger charge is 2.18. The molecule has 1 saturated heterocycles. The van der Waals surface area contributed by atoms with Gasteiger partial charge in [0, 0.05) is 50.0 Å². The molecule has 0 unspecified atom stereocenters. The van der Waals surface area contributed by atoms with Crippen molar-refractivity contribution in [3.8, 4) is 0 Å². The van der Waals surface area contributed by atoms with Gasteiger partial charge in [-0.1, -0.05) is 55.3 Å². The van der Waals surface area contributed by atoms with Gasteiger partial charge < -0.3 is 4.90 Å². The van der Waals surface area contributed by atoms with Gasteiger partial charge in [0.1, 0.15) is 0 Å². The first-order valence-electron chi connectivity index (χ1n) is 11.8. The summed E-state index contributed by atoms with van der Waals surface area (Å²) < 4.78 is 3.21. The molecule has 2 aromatic carbocycles. The third-order valence-electron chi connectivity index (χ3n) is 6.56. The fourth-order valence-corrected chi connectivity index (χ4v) is 4.76. The van der Waals surface area contributed by atoms with Gasteiger partial charge in [0.05, 0.1) is 0 Å². The quantitative estimate of drug-likeness (QED) is 0.397. The van der Waals surface area contributed by atoms with E-state index in [4.69, 9.17) is 0 Å². The number of benzene rings is 2. The predicted molar refractivity (Wildman–Crippen MR) is 131 cm³/mol. The lowest BCUT2D eigenvalue weighted by atomic mass is 10.1. The maximum absolute atomic E-state index is 12.3. The third-order valence-corrected chi connectivity index (χ3v) is 6.56. The number of aryl methyl sites for hydroxylation is 1. The average molecular weight is 430 g/mol. The topological polar surface area (TPSA) is 45.8 Å². The Labute approximate surface area is 188 Å². The molecular formula is C26H31N5O. The van der Waals surface area contributed by atoms with Crippen LogP contribution in [0, 0.1) is 0 Å². The molecule has 2 aromatic heterocycles. The van der Waals surface area contributed by atoms with Gasteiger partial charge in [0.2, 0.25) is 0 Å². The van der Waals surface area contributed by atoms with E-state index in [1.165, 1.54) is 29.3 Å². The first kappa shape index (κ1) is 20.8. The van der Waals surface area contributed by atoms with E-state index in [2.05, 4.69) is 57.4 Å². The molecule has 3 heterocycles. The molecule has 6 heteroatoms. The van der Waals surface area contributed by atoms with Gasteiger partial charge in [0.15, 0.2) is 5.65 Å². The van der Waals surface area contributed by atoms with Gasteiger partial charge in [-0.3, -0.25) is 9.30 Å². The lowest BCUT2D eigenvalue weighted by Gasteiger charge is -2.36. The van der Waals surface area contributed by atoms with Crippen LogP contribution in [0.4, 0.5) is 5.69 Å². The van der Waals surface area contributed by atoms with Gasteiger partial charge in [-0.05, 0) is 43.0 Å². The molecule has 0 aliphatic carbocycles. The molecule has 5 rings (SSSR count). The van der Waals surface area contributed by atoms with Crippen LogP contribution in [0.15, 0.2) is 71.7 Å².